The molecular weight excluding hydrogens is 587 g/mol. The molecule has 0 aliphatic carbocycles. The van der Waals surface area contributed by atoms with Gasteiger partial charge in [0.05, 0.1) is 56.5 Å². The van der Waals surface area contributed by atoms with Crippen LogP contribution in [0.4, 0.5) is 0 Å². The third kappa shape index (κ3) is 4.81. The third-order valence-corrected chi connectivity index (χ3v) is 8.87. The van der Waals surface area contributed by atoms with Crippen LogP contribution in [-0.4, -0.2) is 19.9 Å². The number of nitrogens with zero attached hydrogens (tertiary/aromatic N) is 5. The van der Waals surface area contributed by atoms with E-state index in [1.807, 2.05) is 48.5 Å². The lowest BCUT2D eigenvalue weighted by atomic mass is 10.0. The van der Waals surface area contributed by atoms with Crippen molar-refractivity contribution in [3.05, 3.63) is 157 Å². The highest BCUT2D eigenvalue weighted by molar-refractivity contribution is 6.05. The number of nitriles is 1. The highest BCUT2D eigenvalue weighted by Gasteiger charge is 2.12. The first-order valence-corrected chi connectivity index (χ1v) is 15.8. The van der Waals surface area contributed by atoms with Crippen LogP contribution in [0.1, 0.15) is 5.56 Å². The van der Waals surface area contributed by atoms with Crippen LogP contribution in [0.15, 0.2) is 152 Å². The first-order chi connectivity index (χ1) is 23.7. The van der Waals surface area contributed by atoms with E-state index < -0.39 is 0 Å². The molecule has 0 atom stereocenters. The molecule has 5 nitrogen and oxygen atoms in total. The summed E-state index contributed by atoms with van der Waals surface area (Å²) in [6.07, 6.45) is 0. The van der Waals surface area contributed by atoms with Gasteiger partial charge in [0.25, 0.3) is 0 Å². The summed E-state index contributed by atoms with van der Waals surface area (Å²) in [4.78, 5) is 20.5. The number of hydrogen-bond acceptors (Lipinski definition) is 5. The normalized spacial score (nSPS) is 11.3. The zero-order valence-corrected chi connectivity index (χ0v) is 25.7. The van der Waals surface area contributed by atoms with Crippen molar-refractivity contribution in [3.8, 4) is 51.1 Å². The van der Waals surface area contributed by atoms with Crippen molar-refractivity contribution < 1.29 is 0 Å². The van der Waals surface area contributed by atoms with E-state index in [0.29, 0.717) is 5.56 Å². The molecule has 48 heavy (non-hydrogen) atoms. The van der Waals surface area contributed by atoms with Crippen molar-refractivity contribution >= 4 is 43.6 Å². The van der Waals surface area contributed by atoms with E-state index in [1.54, 1.807) is 0 Å². The summed E-state index contributed by atoms with van der Waals surface area (Å²) >= 11 is 0. The topological polar surface area (TPSA) is 75.3 Å². The summed E-state index contributed by atoms with van der Waals surface area (Å²) in [5.41, 5.74) is 11.6. The zero-order valence-electron chi connectivity index (χ0n) is 25.7. The van der Waals surface area contributed by atoms with Gasteiger partial charge in [-0.15, -0.1) is 0 Å². The van der Waals surface area contributed by atoms with Crippen molar-refractivity contribution in [2.45, 2.75) is 0 Å². The van der Waals surface area contributed by atoms with E-state index in [0.717, 1.165) is 88.6 Å². The molecule has 4 aromatic heterocycles. The van der Waals surface area contributed by atoms with Gasteiger partial charge in [-0.3, -0.25) is 0 Å². The van der Waals surface area contributed by atoms with Gasteiger partial charge in [-0.05, 0) is 42.5 Å². The van der Waals surface area contributed by atoms with E-state index in [4.69, 9.17) is 19.9 Å². The summed E-state index contributed by atoms with van der Waals surface area (Å²) in [5, 5.41) is 13.4. The Morgan fingerprint density at radius 1 is 0.333 bits per heavy atom. The van der Waals surface area contributed by atoms with E-state index in [9.17, 15) is 5.26 Å². The van der Waals surface area contributed by atoms with Gasteiger partial charge in [-0.2, -0.15) is 5.26 Å². The minimum absolute atomic E-state index is 0.625. The molecule has 0 N–H and O–H groups in total. The van der Waals surface area contributed by atoms with E-state index >= 15 is 0 Å². The summed E-state index contributed by atoms with van der Waals surface area (Å²) in [6, 6.07) is 53.4. The number of rotatable bonds is 4. The molecule has 0 fully saturated rings. The summed E-state index contributed by atoms with van der Waals surface area (Å²) in [5.74, 6) is 0. The van der Waals surface area contributed by atoms with E-state index in [2.05, 4.69) is 109 Å². The lowest BCUT2D eigenvalue weighted by Gasteiger charge is -2.10. The Morgan fingerprint density at radius 3 is 1.10 bits per heavy atom. The maximum Gasteiger partial charge on any atom is 0.0991 e. The fourth-order valence-electron chi connectivity index (χ4n) is 6.34. The summed E-state index contributed by atoms with van der Waals surface area (Å²) < 4.78 is 0. The molecule has 0 aliphatic heterocycles. The zero-order chi connectivity index (χ0) is 32.0. The fourth-order valence-corrected chi connectivity index (χ4v) is 6.34. The van der Waals surface area contributed by atoms with Gasteiger partial charge >= 0.3 is 0 Å². The molecule has 0 saturated heterocycles. The highest BCUT2D eigenvalue weighted by Crippen LogP contribution is 2.32. The monoisotopic (exact) mass is 611 g/mol. The van der Waals surface area contributed by atoms with Gasteiger partial charge in [0.1, 0.15) is 0 Å². The second-order valence-electron chi connectivity index (χ2n) is 11.8. The molecule has 0 spiro atoms. The van der Waals surface area contributed by atoms with Gasteiger partial charge in [0, 0.05) is 43.8 Å². The molecule has 5 aromatic carbocycles. The Hall–Kier alpha value is -6.77. The van der Waals surface area contributed by atoms with Gasteiger partial charge in [0.15, 0.2) is 0 Å². The molecule has 9 rings (SSSR count). The molecule has 222 valence electrons. The second kappa shape index (κ2) is 11.2. The average Bonchev–Trinajstić information content (AvgIpc) is 3.17. The molecule has 5 heteroatoms. The largest absolute Gasteiger partial charge is 0.245 e. The van der Waals surface area contributed by atoms with Gasteiger partial charge < -0.3 is 0 Å². The van der Waals surface area contributed by atoms with Crippen LogP contribution < -0.4 is 0 Å². The lowest BCUT2D eigenvalue weighted by Crippen LogP contribution is -1.92. The van der Waals surface area contributed by atoms with Crippen LogP contribution in [0, 0.1) is 11.3 Å². The summed E-state index contributed by atoms with van der Waals surface area (Å²) in [6.45, 7) is 0. The standard InChI is InChI=1S/C43H25N5/c44-26-27-9-11-29(12-10-27)37-22-18-31-14-16-33-20-24-39(48-43(33)41(31)46-37)35-8-4-7-34(25-35)38-23-19-32-15-13-30-17-21-36(28-5-2-1-3-6-28)45-40(30)42(32)47-38/h1-25H. The Balaban J connectivity index is 1.13. The van der Waals surface area contributed by atoms with Crippen LogP contribution in [0.3, 0.4) is 0 Å². The molecule has 0 unspecified atom stereocenters. The first kappa shape index (κ1) is 27.5. The van der Waals surface area contributed by atoms with E-state index in [1.165, 1.54) is 0 Å². The summed E-state index contributed by atoms with van der Waals surface area (Å²) in [7, 11) is 0. The molecule has 0 bridgehead atoms. The molecule has 0 amide bonds. The number of hydrogen-bond donors (Lipinski definition) is 0. The smallest absolute Gasteiger partial charge is 0.0991 e. The fraction of sp³-hybridized carbons (Fsp3) is 0. The lowest BCUT2D eigenvalue weighted by molar-refractivity contribution is 1.35. The van der Waals surface area contributed by atoms with Gasteiger partial charge in [-0.25, -0.2) is 19.9 Å². The SMILES string of the molecule is N#Cc1ccc(-c2ccc3ccc4ccc(-c5cccc(-c6ccc7ccc8ccc(-c9ccccc9)nc8c7n6)c5)nc4c3n2)cc1. The maximum atomic E-state index is 9.21. The van der Waals surface area contributed by atoms with Gasteiger partial charge in [-0.1, -0.05) is 109 Å². The van der Waals surface area contributed by atoms with Crippen molar-refractivity contribution in [3.63, 3.8) is 0 Å². The Kier molecular flexibility index (Phi) is 6.45. The Bertz CT molecular complexity index is 2730. The molecular formula is C43H25N5. The minimum atomic E-state index is 0.625. The van der Waals surface area contributed by atoms with Gasteiger partial charge in [0.2, 0.25) is 0 Å². The van der Waals surface area contributed by atoms with Crippen LogP contribution in [-0.2, 0) is 0 Å². The Labute approximate surface area is 276 Å². The highest BCUT2D eigenvalue weighted by atomic mass is 14.8. The number of benzene rings is 5. The van der Waals surface area contributed by atoms with Crippen molar-refractivity contribution in [2.24, 2.45) is 0 Å². The van der Waals surface area contributed by atoms with Crippen LogP contribution in [0.2, 0.25) is 0 Å². The first-order valence-electron chi connectivity index (χ1n) is 15.8. The van der Waals surface area contributed by atoms with Crippen molar-refractivity contribution in [2.75, 3.05) is 0 Å². The number of fused-ring (bicyclic) bond motifs is 6. The molecule has 4 heterocycles. The molecule has 0 radical (unpaired) electrons. The Morgan fingerprint density at radius 2 is 0.688 bits per heavy atom. The predicted octanol–water partition coefficient (Wildman–Crippen LogP) is 10.4. The number of aromatic nitrogens is 4. The predicted molar refractivity (Wildman–Crippen MR) is 194 cm³/mol. The third-order valence-electron chi connectivity index (χ3n) is 8.87. The second-order valence-corrected chi connectivity index (χ2v) is 11.8. The molecule has 0 saturated carbocycles. The maximum absolute atomic E-state index is 9.21. The average molecular weight is 612 g/mol. The minimum Gasteiger partial charge on any atom is -0.245 e. The van der Waals surface area contributed by atoms with E-state index in [-0.39, 0.29) is 0 Å². The van der Waals surface area contributed by atoms with Crippen LogP contribution >= 0.6 is 0 Å². The van der Waals surface area contributed by atoms with Crippen LogP contribution in [0.25, 0.3) is 88.6 Å². The van der Waals surface area contributed by atoms with Crippen LogP contribution in [0.5, 0.6) is 0 Å². The van der Waals surface area contributed by atoms with Crippen molar-refractivity contribution in [1.82, 2.24) is 19.9 Å². The molecule has 9 aromatic rings. The quantitative estimate of drug-likeness (QED) is 0.185. The molecule has 0 aliphatic rings. The van der Waals surface area contributed by atoms with Crippen molar-refractivity contribution in [1.29, 1.82) is 5.26 Å². The number of pyridine rings is 4.